The van der Waals surface area contributed by atoms with Crippen LogP contribution in [-0.2, 0) is 6.54 Å². The highest BCUT2D eigenvalue weighted by Crippen LogP contribution is 2.25. The van der Waals surface area contributed by atoms with Crippen molar-refractivity contribution in [2.24, 2.45) is 0 Å². The Kier molecular flexibility index (Phi) is 7.46. The van der Waals surface area contributed by atoms with Gasteiger partial charge >= 0.3 is 0 Å². The molecule has 0 aliphatic rings. The first-order valence-corrected chi connectivity index (χ1v) is 9.03. The lowest BCUT2D eigenvalue weighted by Crippen LogP contribution is -2.10. The smallest absolute Gasteiger partial charge is 0.193 e. The van der Waals surface area contributed by atoms with Gasteiger partial charge in [0, 0.05) is 17.7 Å². The standard InChI is InChI=1S/C22H19Cl2NO.ClH/c1-25(2)14-15-3-5-16(6-4-15)17-7-9-18(10-8-17)22(26)19-11-12-20(23)21(24)13-19;/h3-13H,14H2,1-2H3;1H. The molecule has 0 unspecified atom stereocenters. The van der Waals surface area contributed by atoms with Gasteiger partial charge in [0.25, 0.3) is 0 Å². The molecule has 3 aromatic carbocycles. The molecule has 0 saturated heterocycles. The van der Waals surface area contributed by atoms with Crippen molar-refractivity contribution in [2.45, 2.75) is 6.54 Å². The zero-order chi connectivity index (χ0) is 18.7. The third-order valence-corrected chi connectivity index (χ3v) is 4.85. The number of rotatable bonds is 5. The molecular formula is C22H20Cl3NO. The van der Waals surface area contributed by atoms with Gasteiger partial charge in [0.05, 0.1) is 10.0 Å². The highest BCUT2D eigenvalue weighted by molar-refractivity contribution is 6.42. The van der Waals surface area contributed by atoms with Crippen LogP contribution >= 0.6 is 35.6 Å². The monoisotopic (exact) mass is 419 g/mol. The van der Waals surface area contributed by atoms with Crippen LogP contribution in [0.2, 0.25) is 10.0 Å². The van der Waals surface area contributed by atoms with Crippen molar-refractivity contribution in [2.75, 3.05) is 14.1 Å². The van der Waals surface area contributed by atoms with Crippen molar-refractivity contribution in [3.8, 4) is 11.1 Å². The van der Waals surface area contributed by atoms with Crippen LogP contribution in [0.3, 0.4) is 0 Å². The molecule has 2 nitrogen and oxygen atoms in total. The van der Waals surface area contributed by atoms with E-state index in [-0.39, 0.29) is 18.2 Å². The van der Waals surface area contributed by atoms with E-state index >= 15 is 0 Å². The molecule has 5 heteroatoms. The van der Waals surface area contributed by atoms with E-state index in [4.69, 9.17) is 23.2 Å². The molecule has 27 heavy (non-hydrogen) atoms. The van der Waals surface area contributed by atoms with Gasteiger partial charge in [-0.15, -0.1) is 12.4 Å². The van der Waals surface area contributed by atoms with Crippen molar-refractivity contribution < 1.29 is 4.79 Å². The third-order valence-electron chi connectivity index (χ3n) is 4.11. The normalized spacial score (nSPS) is 10.6. The second-order valence-corrected chi connectivity index (χ2v) is 7.28. The Labute approximate surface area is 176 Å². The maximum atomic E-state index is 12.6. The van der Waals surface area contributed by atoms with E-state index in [2.05, 4.69) is 43.3 Å². The Bertz CT molecular complexity index is 919. The van der Waals surface area contributed by atoms with Crippen LogP contribution in [0.25, 0.3) is 11.1 Å². The molecule has 0 aliphatic carbocycles. The van der Waals surface area contributed by atoms with Crippen LogP contribution in [0.4, 0.5) is 0 Å². The number of hydrogen-bond donors (Lipinski definition) is 0. The molecule has 0 bridgehead atoms. The molecule has 0 saturated carbocycles. The Balaban J connectivity index is 0.00000261. The van der Waals surface area contributed by atoms with Crippen LogP contribution in [0, 0.1) is 0 Å². The summed E-state index contributed by atoms with van der Waals surface area (Å²) in [6, 6.07) is 21.0. The lowest BCUT2D eigenvalue weighted by atomic mass is 9.99. The first-order valence-electron chi connectivity index (χ1n) is 8.28. The van der Waals surface area contributed by atoms with Crippen molar-refractivity contribution in [1.29, 1.82) is 0 Å². The van der Waals surface area contributed by atoms with Gasteiger partial charge < -0.3 is 4.90 Å². The largest absolute Gasteiger partial charge is 0.305 e. The minimum atomic E-state index is -0.0727. The van der Waals surface area contributed by atoms with Gasteiger partial charge in [-0.1, -0.05) is 71.7 Å². The summed E-state index contributed by atoms with van der Waals surface area (Å²) >= 11 is 11.9. The number of benzene rings is 3. The fourth-order valence-electron chi connectivity index (χ4n) is 2.79. The zero-order valence-corrected chi connectivity index (χ0v) is 17.4. The van der Waals surface area contributed by atoms with E-state index < -0.39 is 0 Å². The third kappa shape index (κ3) is 5.33. The second-order valence-electron chi connectivity index (χ2n) is 6.47. The van der Waals surface area contributed by atoms with Crippen molar-refractivity contribution in [3.63, 3.8) is 0 Å². The van der Waals surface area contributed by atoms with E-state index in [0.29, 0.717) is 21.2 Å². The molecular weight excluding hydrogens is 401 g/mol. The zero-order valence-electron chi connectivity index (χ0n) is 15.1. The highest BCUT2D eigenvalue weighted by Gasteiger charge is 2.11. The molecule has 0 spiro atoms. The molecule has 140 valence electrons. The maximum absolute atomic E-state index is 12.6. The van der Waals surface area contributed by atoms with Crippen molar-refractivity contribution in [3.05, 3.63) is 93.5 Å². The summed E-state index contributed by atoms with van der Waals surface area (Å²) < 4.78 is 0. The Morgan fingerprint density at radius 2 is 1.30 bits per heavy atom. The first-order chi connectivity index (χ1) is 12.4. The summed E-state index contributed by atoms with van der Waals surface area (Å²) in [5, 5.41) is 0.822. The Morgan fingerprint density at radius 1 is 0.778 bits per heavy atom. The van der Waals surface area contributed by atoms with Gasteiger partial charge in [0.15, 0.2) is 5.78 Å². The van der Waals surface area contributed by atoms with E-state index in [1.807, 2.05) is 24.3 Å². The number of carbonyl (C=O) groups excluding carboxylic acids is 1. The predicted molar refractivity (Wildman–Crippen MR) is 116 cm³/mol. The highest BCUT2D eigenvalue weighted by atomic mass is 35.5. The van der Waals surface area contributed by atoms with Gasteiger partial charge in [-0.2, -0.15) is 0 Å². The molecule has 3 rings (SSSR count). The topological polar surface area (TPSA) is 20.3 Å². The molecule has 0 atom stereocenters. The quantitative estimate of drug-likeness (QED) is 0.447. The summed E-state index contributed by atoms with van der Waals surface area (Å²) in [6.45, 7) is 0.914. The molecule has 0 heterocycles. The van der Waals surface area contributed by atoms with Gasteiger partial charge in [-0.05, 0) is 49.0 Å². The SMILES string of the molecule is CN(C)Cc1ccc(-c2ccc(C(=O)c3ccc(Cl)c(Cl)c3)cc2)cc1.Cl. The number of ketones is 1. The molecule has 0 fully saturated rings. The summed E-state index contributed by atoms with van der Waals surface area (Å²) in [7, 11) is 4.11. The summed E-state index contributed by atoms with van der Waals surface area (Å²) in [4.78, 5) is 14.7. The van der Waals surface area contributed by atoms with Crippen LogP contribution in [0.1, 0.15) is 21.5 Å². The second kappa shape index (κ2) is 9.38. The number of carbonyl (C=O) groups is 1. The Hall–Kier alpha value is -1.84. The fraction of sp³-hybridized carbons (Fsp3) is 0.136. The summed E-state index contributed by atoms with van der Waals surface area (Å²) in [6.07, 6.45) is 0. The molecule has 3 aromatic rings. The van der Waals surface area contributed by atoms with Crippen LogP contribution < -0.4 is 0 Å². The number of halogens is 3. The minimum absolute atomic E-state index is 0. The van der Waals surface area contributed by atoms with Crippen molar-refractivity contribution in [1.82, 2.24) is 4.90 Å². The molecule has 0 aromatic heterocycles. The lowest BCUT2D eigenvalue weighted by molar-refractivity contribution is 0.103. The van der Waals surface area contributed by atoms with Crippen LogP contribution in [0.5, 0.6) is 0 Å². The van der Waals surface area contributed by atoms with Crippen LogP contribution in [-0.4, -0.2) is 24.8 Å². The van der Waals surface area contributed by atoms with Gasteiger partial charge in [-0.3, -0.25) is 4.79 Å². The van der Waals surface area contributed by atoms with Gasteiger partial charge in [0.1, 0.15) is 0 Å². The first kappa shape index (κ1) is 21.5. The van der Waals surface area contributed by atoms with Gasteiger partial charge in [0.2, 0.25) is 0 Å². The summed E-state index contributed by atoms with van der Waals surface area (Å²) in [5.74, 6) is -0.0727. The predicted octanol–water partition coefficient (Wildman–Crippen LogP) is 6.37. The van der Waals surface area contributed by atoms with Crippen LogP contribution in [0.15, 0.2) is 66.7 Å². The lowest BCUT2D eigenvalue weighted by Gasteiger charge is -2.10. The summed E-state index contributed by atoms with van der Waals surface area (Å²) in [5.41, 5.74) is 4.62. The Morgan fingerprint density at radius 3 is 1.81 bits per heavy atom. The average Bonchev–Trinajstić information content (AvgIpc) is 2.64. The van der Waals surface area contributed by atoms with E-state index in [1.54, 1.807) is 18.2 Å². The molecule has 0 amide bonds. The fourth-order valence-corrected chi connectivity index (χ4v) is 3.08. The maximum Gasteiger partial charge on any atom is 0.193 e. The average molecular weight is 421 g/mol. The van der Waals surface area contributed by atoms with Crippen molar-refractivity contribution >= 4 is 41.4 Å². The molecule has 0 radical (unpaired) electrons. The molecule has 0 N–H and O–H groups in total. The van der Waals surface area contributed by atoms with E-state index in [0.717, 1.165) is 17.7 Å². The number of hydrogen-bond acceptors (Lipinski definition) is 2. The van der Waals surface area contributed by atoms with Gasteiger partial charge in [-0.25, -0.2) is 0 Å². The van der Waals surface area contributed by atoms with E-state index in [9.17, 15) is 4.79 Å². The minimum Gasteiger partial charge on any atom is -0.305 e. The van der Waals surface area contributed by atoms with E-state index in [1.165, 1.54) is 5.56 Å². The number of nitrogens with zero attached hydrogens (tertiary/aromatic N) is 1. The molecule has 0 aliphatic heterocycles.